The summed E-state index contributed by atoms with van der Waals surface area (Å²) in [7, 11) is 0. The van der Waals surface area contributed by atoms with Gasteiger partial charge >= 0.3 is 0 Å². The van der Waals surface area contributed by atoms with E-state index in [2.05, 4.69) is 16.3 Å². The summed E-state index contributed by atoms with van der Waals surface area (Å²) in [5.74, 6) is 1.73. The minimum atomic E-state index is -0.306. The Bertz CT molecular complexity index is 956. The van der Waals surface area contributed by atoms with Crippen molar-refractivity contribution in [1.82, 2.24) is 15.1 Å². The Morgan fingerprint density at radius 2 is 1.75 bits per heavy atom. The third kappa shape index (κ3) is 5.31. The van der Waals surface area contributed by atoms with Crippen LogP contribution in [0.2, 0.25) is 0 Å². The van der Waals surface area contributed by atoms with Crippen LogP contribution in [0.4, 0.5) is 0 Å². The standard InChI is InChI=1S/C24H29N3O5/c1-2-30-20-6-4-3-5-19(20)24(29)25-16-23(28)27-11-9-26(10-12-27)17-18-7-8-21-22(15-18)32-14-13-31-21/h3-8,15H,2,9-14,16-17H2,1H3,(H,25,29). The Kier molecular flexibility index (Phi) is 7.11. The lowest BCUT2D eigenvalue weighted by atomic mass is 10.1. The molecule has 0 bridgehead atoms. The molecule has 1 N–H and O–H groups in total. The van der Waals surface area contributed by atoms with E-state index in [9.17, 15) is 9.59 Å². The van der Waals surface area contributed by atoms with Crippen molar-refractivity contribution < 1.29 is 23.8 Å². The van der Waals surface area contributed by atoms with Gasteiger partial charge in [-0.05, 0) is 36.8 Å². The number of benzene rings is 2. The second kappa shape index (κ2) is 10.4. The van der Waals surface area contributed by atoms with Gasteiger partial charge in [-0.15, -0.1) is 0 Å². The second-order valence-electron chi connectivity index (χ2n) is 7.75. The molecule has 0 spiro atoms. The molecule has 8 nitrogen and oxygen atoms in total. The molecule has 1 fully saturated rings. The van der Waals surface area contributed by atoms with Crippen molar-refractivity contribution >= 4 is 11.8 Å². The lowest BCUT2D eigenvalue weighted by Crippen LogP contribution is -2.50. The van der Waals surface area contributed by atoms with Crippen LogP contribution in [-0.2, 0) is 11.3 Å². The van der Waals surface area contributed by atoms with Gasteiger partial charge in [0, 0.05) is 32.7 Å². The van der Waals surface area contributed by atoms with Gasteiger partial charge in [-0.1, -0.05) is 18.2 Å². The molecular weight excluding hydrogens is 410 g/mol. The van der Waals surface area contributed by atoms with Gasteiger partial charge in [0.15, 0.2) is 11.5 Å². The van der Waals surface area contributed by atoms with Crippen LogP contribution < -0.4 is 19.5 Å². The maximum Gasteiger partial charge on any atom is 0.255 e. The predicted molar refractivity (Wildman–Crippen MR) is 119 cm³/mol. The normalized spacial score (nSPS) is 15.8. The molecule has 0 atom stereocenters. The molecule has 0 radical (unpaired) electrons. The summed E-state index contributed by atoms with van der Waals surface area (Å²) in [6.45, 7) is 7.09. The zero-order chi connectivity index (χ0) is 22.3. The van der Waals surface area contributed by atoms with Crippen LogP contribution in [0.25, 0.3) is 0 Å². The number of hydrogen-bond donors (Lipinski definition) is 1. The van der Waals surface area contributed by atoms with Gasteiger partial charge in [0.05, 0.1) is 18.7 Å². The minimum Gasteiger partial charge on any atom is -0.493 e. The zero-order valence-corrected chi connectivity index (χ0v) is 18.3. The molecule has 4 rings (SSSR count). The van der Waals surface area contributed by atoms with Crippen molar-refractivity contribution in [2.24, 2.45) is 0 Å². The summed E-state index contributed by atoms with van der Waals surface area (Å²) in [6.07, 6.45) is 0. The number of carbonyl (C=O) groups is 2. The maximum atomic E-state index is 12.6. The fraction of sp³-hybridized carbons (Fsp3) is 0.417. The molecule has 2 heterocycles. The number of piperazine rings is 1. The van der Waals surface area contributed by atoms with Crippen molar-refractivity contribution in [1.29, 1.82) is 0 Å². The molecule has 2 aromatic rings. The van der Waals surface area contributed by atoms with Gasteiger partial charge in [0.2, 0.25) is 5.91 Å². The van der Waals surface area contributed by atoms with E-state index in [-0.39, 0.29) is 18.4 Å². The van der Waals surface area contributed by atoms with Crippen LogP contribution >= 0.6 is 0 Å². The molecule has 2 aliphatic rings. The van der Waals surface area contributed by atoms with Crippen LogP contribution in [-0.4, -0.2) is 74.2 Å². The topological polar surface area (TPSA) is 80.3 Å². The fourth-order valence-electron chi connectivity index (χ4n) is 3.90. The number of para-hydroxylation sites is 1. The van der Waals surface area contributed by atoms with Crippen LogP contribution in [0.5, 0.6) is 17.2 Å². The van der Waals surface area contributed by atoms with Crippen molar-refractivity contribution in [3.05, 3.63) is 53.6 Å². The van der Waals surface area contributed by atoms with E-state index < -0.39 is 0 Å². The highest BCUT2D eigenvalue weighted by Gasteiger charge is 2.22. The van der Waals surface area contributed by atoms with Crippen molar-refractivity contribution in [2.75, 3.05) is 52.5 Å². The first-order valence-corrected chi connectivity index (χ1v) is 11.0. The molecule has 0 aliphatic carbocycles. The van der Waals surface area contributed by atoms with E-state index in [0.29, 0.717) is 44.2 Å². The Morgan fingerprint density at radius 3 is 2.53 bits per heavy atom. The van der Waals surface area contributed by atoms with Crippen LogP contribution in [0, 0.1) is 0 Å². The number of nitrogens with one attached hydrogen (secondary N) is 1. The van der Waals surface area contributed by atoms with Crippen molar-refractivity contribution in [2.45, 2.75) is 13.5 Å². The molecule has 2 amide bonds. The smallest absolute Gasteiger partial charge is 0.255 e. The van der Waals surface area contributed by atoms with Gasteiger partial charge in [0.1, 0.15) is 19.0 Å². The van der Waals surface area contributed by atoms with E-state index in [0.717, 1.165) is 36.7 Å². The monoisotopic (exact) mass is 439 g/mol. The highest BCUT2D eigenvalue weighted by molar-refractivity contribution is 5.98. The minimum absolute atomic E-state index is 0.0263. The summed E-state index contributed by atoms with van der Waals surface area (Å²) in [6, 6.07) is 13.1. The highest BCUT2D eigenvalue weighted by Crippen LogP contribution is 2.31. The largest absolute Gasteiger partial charge is 0.493 e. The zero-order valence-electron chi connectivity index (χ0n) is 18.3. The van der Waals surface area contributed by atoms with Crippen molar-refractivity contribution in [3.8, 4) is 17.2 Å². The van der Waals surface area contributed by atoms with E-state index >= 15 is 0 Å². The molecule has 2 aliphatic heterocycles. The average Bonchev–Trinajstić information content (AvgIpc) is 2.83. The highest BCUT2D eigenvalue weighted by atomic mass is 16.6. The Hall–Kier alpha value is -3.26. The van der Waals surface area contributed by atoms with Crippen LogP contribution in [0.15, 0.2) is 42.5 Å². The average molecular weight is 440 g/mol. The summed E-state index contributed by atoms with van der Waals surface area (Å²) in [5, 5.41) is 2.73. The third-order valence-corrected chi connectivity index (χ3v) is 5.57. The molecule has 32 heavy (non-hydrogen) atoms. The molecule has 0 aromatic heterocycles. The van der Waals surface area contributed by atoms with E-state index in [1.54, 1.807) is 23.1 Å². The van der Waals surface area contributed by atoms with E-state index in [1.807, 2.05) is 25.1 Å². The van der Waals surface area contributed by atoms with Gasteiger partial charge in [-0.3, -0.25) is 14.5 Å². The van der Waals surface area contributed by atoms with Crippen LogP contribution in [0.3, 0.4) is 0 Å². The number of nitrogens with zero attached hydrogens (tertiary/aromatic N) is 2. The molecular formula is C24H29N3O5. The molecule has 0 saturated carbocycles. The van der Waals surface area contributed by atoms with Gasteiger partial charge in [-0.25, -0.2) is 0 Å². The van der Waals surface area contributed by atoms with E-state index in [1.165, 1.54) is 0 Å². The van der Waals surface area contributed by atoms with E-state index in [4.69, 9.17) is 14.2 Å². The molecule has 8 heteroatoms. The Labute approximate surface area is 188 Å². The number of rotatable bonds is 7. The number of fused-ring (bicyclic) bond motifs is 1. The third-order valence-electron chi connectivity index (χ3n) is 5.57. The number of ether oxygens (including phenoxy) is 3. The summed E-state index contributed by atoms with van der Waals surface area (Å²) >= 11 is 0. The van der Waals surface area contributed by atoms with Crippen molar-refractivity contribution in [3.63, 3.8) is 0 Å². The number of amides is 2. The SMILES string of the molecule is CCOc1ccccc1C(=O)NCC(=O)N1CCN(Cc2ccc3c(c2)OCCO3)CC1. The summed E-state index contributed by atoms with van der Waals surface area (Å²) in [4.78, 5) is 29.2. The molecule has 2 aromatic carbocycles. The van der Waals surface area contributed by atoms with Gasteiger partial charge < -0.3 is 24.4 Å². The fourth-order valence-corrected chi connectivity index (χ4v) is 3.90. The first kappa shape index (κ1) is 22.0. The predicted octanol–water partition coefficient (Wildman–Crippen LogP) is 1.93. The summed E-state index contributed by atoms with van der Waals surface area (Å²) in [5.41, 5.74) is 1.60. The first-order valence-electron chi connectivity index (χ1n) is 11.0. The van der Waals surface area contributed by atoms with Gasteiger partial charge in [-0.2, -0.15) is 0 Å². The lowest BCUT2D eigenvalue weighted by Gasteiger charge is -2.35. The number of carbonyl (C=O) groups excluding carboxylic acids is 2. The molecule has 0 unspecified atom stereocenters. The quantitative estimate of drug-likeness (QED) is 0.710. The molecule has 1 saturated heterocycles. The number of hydrogen-bond acceptors (Lipinski definition) is 6. The Balaban J connectivity index is 1.24. The Morgan fingerprint density at radius 1 is 1.00 bits per heavy atom. The molecule has 170 valence electrons. The van der Waals surface area contributed by atoms with Crippen LogP contribution in [0.1, 0.15) is 22.8 Å². The summed E-state index contributed by atoms with van der Waals surface area (Å²) < 4.78 is 16.7. The van der Waals surface area contributed by atoms with Gasteiger partial charge in [0.25, 0.3) is 5.91 Å². The second-order valence-corrected chi connectivity index (χ2v) is 7.75. The first-order chi connectivity index (χ1) is 15.6. The maximum absolute atomic E-state index is 12.6. The lowest BCUT2D eigenvalue weighted by molar-refractivity contribution is -0.131.